The number of benzene rings is 2. The number of nitrogens with zero attached hydrogens (tertiary/aromatic N) is 1. The van der Waals surface area contributed by atoms with Gasteiger partial charge in [0.15, 0.2) is 0 Å². The van der Waals surface area contributed by atoms with Crippen LogP contribution in [-0.4, -0.2) is 17.9 Å². The third-order valence-electron chi connectivity index (χ3n) is 3.00. The van der Waals surface area contributed by atoms with Crippen LogP contribution in [0, 0.1) is 22.9 Å². The van der Waals surface area contributed by atoms with E-state index >= 15 is 0 Å². The van der Waals surface area contributed by atoms with Crippen molar-refractivity contribution in [2.45, 2.75) is 6.92 Å². The number of amides is 1. The second-order valence-corrected chi connectivity index (χ2v) is 4.58. The predicted molar refractivity (Wildman–Crippen MR) is 78.7 cm³/mol. The van der Waals surface area contributed by atoms with E-state index in [9.17, 15) is 19.3 Å². The Morgan fingerprint density at radius 2 is 2.00 bits per heavy atom. The summed E-state index contributed by atoms with van der Waals surface area (Å²) in [5.41, 5.74) is 0.473. The number of carbonyl (C=O) groups is 1. The Hall–Kier alpha value is -2.96. The average molecular weight is 304 g/mol. The van der Waals surface area contributed by atoms with Crippen LogP contribution < -0.4 is 10.1 Å². The molecule has 0 atom stereocenters. The van der Waals surface area contributed by atoms with Gasteiger partial charge in [0.05, 0.1) is 23.7 Å². The molecule has 7 heteroatoms. The lowest BCUT2D eigenvalue weighted by Gasteiger charge is -2.10. The number of nitro benzene ring substituents is 1. The molecule has 2 aromatic rings. The molecule has 0 aromatic heterocycles. The summed E-state index contributed by atoms with van der Waals surface area (Å²) < 4.78 is 18.2. The lowest BCUT2D eigenvalue weighted by atomic mass is 10.1. The molecule has 1 N–H and O–H groups in total. The van der Waals surface area contributed by atoms with Crippen molar-refractivity contribution in [3.05, 3.63) is 63.5 Å². The molecule has 0 saturated heterocycles. The van der Waals surface area contributed by atoms with Gasteiger partial charge in [-0.15, -0.1) is 0 Å². The molecule has 0 fully saturated rings. The number of nitrogens with one attached hydrogen (secondary N) is 1. The fourth-order valence-corrected chi connectivity index (χ4v) is 1.95. The number of ether oxygens (including phenoxy) is 1. The molecular formula is C15H13FN2O4. The molecule has 0 aliphatic rings. The summed E-state index contributed by atoms with van der Waals surface area (Å²) in [6.45, 7) is 1.80. The average Bonchev–Trinajstić information content (AvgIpc) is 2.48. The van der Waals surface area contributed by atoms with Crippen molar-refractivity contribution in [1.82, 2.24) is 0 Å². The Labute approximate surface area is 125 Å². The normalized spacial score (nSPS) is 10.1. The Balaban J connectivity index is 2.38. The Morgan fingerprint density at radius 3 is 2.64 bits per heavy atom. The molecule has 114 valence electrons. The highest BCUT2D eigenvalue weighted by molar-refractivity contribution is 6.07. The van der Waals surface area contributed by atoms with Crippen LogP contribution >= 0.6 is 0 Å². The van der Waals surface area contributed by atoms with Crippen molar-refractivity contribution in [3.63, 3.8) is 0 Å². The largest absolute Gasteiger partial charge is 0.496 e. The summed E-state index contributed by atoms with van der Waals surface area (Å²) in [4.78, 5) is 22.5. The summed E-state index contributed by atoms with van der Waals surface area (Å²) in [6, 6.07) is 7.94. The molecule has 0 heterocycles. The smallest absolute Gasteiger partial charge is 0.295 e. The topological polar surface area (TPSA) is 81.5 Å². The van der Waals surface area contributed by atoms with E-state index in [1.165, 1.54) is 7.11 Å². The second kappa shape index (κ2) is 6.21. The van der Waals surface area contributed by atoms with E-state index in [1.807, 2.05) is 0 Å². The molecule has 0 aliphatic carbocycles. The number of nitro groups is 1. The van der Waals surface area contributed by atoms with Gasteiger partial charge in [-0.25, -0.2) is 4.39 Å². The van der Waals surface area contributed by atoms with Crippen LogP contribution in [0.15, 0.2) is 36.4 Å². The van der Waals surface area contributed by atoms with Gasteiger partial charge in [0.25, 0.3) is 11.6 Å². The molecule has 2 aromatic carbocycles. The summed E-state index contributed by atoms with van der Waals surface area (Å²) in [5, 5.41) is 13.3. The van der Waals surface area contributed by atoms with Gasteiger partial charge >= 0.3 is 0 Å². The van der Waals surface area contributed by atoms with Gasteiger partial charge in [0.1, 0.15) is 17.3 Å². The minimum Gasteiger partial charge on any atom is -0.496 e. The zero-order chi connectivity index (χ0) is 16.3. The number of halogens is 1. The maximum atomic E-state index is 13.1. The molecule has 0 aliphatic heterocycles. The van der Waals surface area contributed by atoms with Gasteiger partial charge in [-0.1, -0.05) is 11.6 Å². The first-order valence-electron chi connectivity index (χ1n) is 6.32. The summed E-state index contributed by atoms with van der Waals surface area (Å²) in [5.74, 6) is -0.985. The molecule has 2 rings (SSSR count). The number of carbonyl (C=O) groups excluding carboxylic acids is 1. The molecule has 0 bridgehead atoms. The monoisotopic (exact) mass is 304 g/mol. The molecule has 6 nitrogen and oxygen atoms in total. The second-order valence-electron chi connectivity index (χ2n) is 4.58. The van der Waals surface area contributed by atoms with E-state index in [-0.39, 0.29) is 11.3 Å². The first-order valence-corrected chi connectivity index (χ1v) is 6.32. The number of hydrogen-bond donors (Lipinski definition) is 1. The van der Waals surface area contributed by atoms with Crippen LogP contribution in [-0.2, 0) is 0 Å². The van der Waals surface area contributed by atoms with Gasteiger partial charge in [0, 0.05) is 0 Å². The third-order valence-corrected chi connectivity index (χ3v) is 3.00. The highest BCUT2D eigenvalue weighted by atomic mass is 19.1. The van der Waals surface area contributed by atoms with E-state index in [4.69, 9.17) is 4.74 Å². The first kappa shape index (κ1) is 15.4. The molecule has 0 spiro atoms. The number of methoxy groups -OCH3 is 1. The van der Waals surface area contributed by atoms with E-state index in [0.29, 0.717) is 5.75 Å². The lowest BCUT2D eigenvalue weighted by Crippen LogP contribution is -2.14. The van der Waals surface area contributed by atoms with E-state index < -0.39 is 22.3 Å². The van der Waals surface area contributed by atoms with E-state index in [2.05, 4.69) is 5.32 Å². The van der Waals surface area contributed by atoms with E-state index in [0.717, 1.165) is 23.8 Å². The molecule has 22 heavy (non-hydrogen) atoms. The van der Waals surface area contributed by atoms with Crippen molar-refractivity contribution >= 4 is 17.3 Å². The molecule has 1 amide bonds. The summed E-state index contributed by atoms with van der Waals surface area (Å²) in [7, 11) is 1.42. The maximum Gasteiger partial charge on any atom is 0.295 e. The van der Waals surface area contributed by atoms with Crippen LogP contribution in [0.1, 0.15) is 15.9 Å². The van der Waals surface area contributed by atoms with E-state index in [1.54, 1.807) is 25.1 Å². The minimum absolute atomic E-state index is 0.0834. The zero-order valence-electron chi connectivity index (χ0n) is 11.9. The fourth-order valence-electron chi connectivity index (χ4n) is 1.95. The first-order chi connectivity index (χ1) is 10.4. The SMILES string of the molecule is COc1ccc(C)cc1C(=O)Nc1ccc(F)cc1[N+](=O)[O-]. The number of aryl methyl sites for hydroxylation is 1. The van der Waals surface area contributed by atoms with Crippen molar-refractivity contribution in [1.29, 1.82) is 0 Å². The molecular weight excluding hydrogens is 291 g/mol. The quantitative estimate of drug-likeness (QED) is 0.694. The van der Waals surface area contributed by atoms with Crippen molar-refractivity contribution in [2.24, 2.45) is 0 Å². The minimum atomic E-state index is -0.758. The molecule has 0 saturated carbocycles. The fraction of sp³-hybridized carbons (Fsp3) is 0.133. The highest BCUT2D eigenvalue weighted by Crippen LogP contribution is 2.27. The Kier molecular flexibility index (Phi) is 4.36. The van der Waals surface area contributed by atoms with Crippen LogP contribution in [0.4, 0.5) is 15.8 Å². The number of rotatable bonds is 4. The number of hydrogen-bond acceptors (Lipinski definition) is 4. The van der Waals surface area contributed by atoms with Crippen LogP contribution in [0.5, 0.6) is 5.75 Å². The van der Waals surface area contributed by atoms with Gasteiger partial charge < -0.3 is 10.1 Å². The summed E-state index contributed by atoms with van der Waals surface area (Å²) >= 11 is 0. The van der Waals surface area contributed by atoms with Crippen LogP contribution in [0.3, 0.4) is 0 Å². The standard InChI is InChI=1S/C15H13FN2O4/c1-9-3-6-14(22-2)11(7-9)15(19)17-12-5-4-10(16)8-13(12)18(20)21/h3-8H,1-2H3,(H,17,19). The Bertz CT molecular complexity index is 746. The molecule has 0 unspecified atom stereocenters. The lowest BCUT2D eigenvalue weighted by molar-refractivity contribution is -0.384. The van der Waals surface area contributed by atoms with Crippen molar-refractivity contribution < 1.29 is 18.8 Å². The third kappa shape index (κ3) is 3.20. The summed E-state index contributed by atoms with van der Waals surface area (Å²) in [6.07, 6.45) is 0. The highest BCUT2D eigenvalue weighted by Gasteiger charge is 2.19. The van der Waals surface area contributed by atoms with Crippen LogP contribution in [0.25, 0.3) is 0 Å². The number of anilines is 1. The Morgan fingerprint density at radius 1 is 1.27 bits per heavy atom. The maximum absolute atomic E-state index is 13.1. The van der Waals surface area contributed by atoms with Gasteiger partial charge in [-0.3, -0.25) is 14.9 Å². The zero-order valence-corrected chi connectivity index (χ0v) is 11.9. The van der Waals surface area contributed by atoms with Crippen molar-refractivity contribution in [3.8, 4) is 5.75 Å². The predicted octanol–water partition coefficient (Wildman–Crippen LogP) is 3.30. The van der Waals surface area contributed by atoms with Gasteiger partial charge in [-0.05, 0) is 31.2 Å². The molecule has 0 radical (unpaired) electrons. The van der Waals surface area contributed by atoms with Gasteiger partial charge in [-0.2, -0.15) is 0 Å². The van der Waals surface area contributed by atoms with Crippen molar-refractivity contribution in [2.75, 3.05) is 12.4 Å². The van der Waals surface area contributed by atoms with Crippen LogP contribution in [0.2, 0.25) is 0 Å². The van der Waals surface area contributed by atoms with Gasteiger partial charge in [0.2, 0.25) is 0 Å².